The van der Waals surface area contributed by atoms with Gasteiger partial charge in [-0.2, -0.15) is 0 Å². The van der Waals surface area contributed by atoms with Crippen LogP contribution in [0, 0.1) is 17.0 Å². The third-order valence-corrected chi connectivity index (χ3v) is 2.70. The zero-order valence-corrected chi connectivity index (χ0v) is 11.5. The van der Waals surface area contributed by atoms with Gasteiger partial charge in [0.25, 0.3) is 11.6 Å². The number of nitro groups is 1. The quantitative estimate of drug-likeness (QED) is 0.664. The first-order valence-corrected chi connectivity index (χ1v) is 5.85. The minimum atomic E-state index is -1.01. The Labute approximate surface area is 111 Å². The Hall–Kier alpha value is -1.95. The van der Waals surface area contributed by atoms with Crippen molar-refractivity contribution in [2.45, 2.75) is 26.4 Å². The second kappa shape index (κ2) is 5.36. The highest BCUT2D eigenvalue weighted by Gasteiger charge is 2.24. The second-order valence-electron chi connectivity index (χ2n) is 5.18. The number of rotatable bonds is 4. The topological polar surface area (TPSA) is 83.7 Å². The van der Waals surface area contributed by atoms with Gasteiger partial charge in [0.15, 0.2) is 0 Å². The SMILES string of the molecule is Cc1c(C(=O)N(C)CC(C)(C)O)cccc1[N+](=O)[O-]. The molecule has 6 heteroatoms. The number of benzene rings is 1. The molecule has 0 atom stereocenters. The fourth-order valence-electron chi connectivity index (χ4n) is 1.91. The summed E-state index contributed by atoms with van der Waals surface area (Å²) in [5.74, 6) is -0.344. The molecular formula is C13H18N2O4. The summed E-state index contributed by atoms with van der Waals surface area (Å²) < 4.78 is 0. The molecule has 6 nitrogen and oxygen atoms in total. The molecule has 19 heavy (non-hydrogen) atoms. The van der Waals surface area contributed by atoms with Crippen molar-refractivity contribution in [3.8, 4) is 0 Å². The molecule has 0 aromatic heterocycles. The molecule has 0 unspecified atom stereocenters. The molecule has 0 aliphatic carbocycles. The predicted octanol–water partition coefficient (Wildman–Crippen LogP) is 1.75. The van der Waals surface area contributed by atoms with Crippen molar-refractivity contribution in [1.82, 2.24) is 4.90 Å². The Balaban J connectivity index is 3.07. The first kappa shape index (κ1) is 15.1. The van der Waals surface area contributed by atoms with Crippen molar-refractivity contribution in [3.63, 3.8) is 0 Å². The third-order valence-electron chi connectivity index (χ3n) is 2.70. The van der Waals surface area contributed by atoms with Gasteiger partial charge in [0.2, 0.25) is 0 Å². The fourth-order valence-corrected chi connectivity index (χ4v) is 1.91. The van der Waals surface area contributed by atoms with Gasteiger partial charge in [-0.05, 0) is 26.8 Å². The average Bonchev–Trinajstić information content (AvgIpc) is 2.25. The van der Waals surface area contributed by atoms with E-state index in [0.717, 1.165) is 0 Å². The van der Waals surface area contributed by atoms with Gasteiger partial charge in [0.05, 0.1) is 10.5 Å². The largest absolute Gasteiger partial charge is 0.389 e. The lowest BCUT2D eigenvalue weighted by atomic mass is 10.0. The molecule has 1 amide bonds. The van der Waals surface area contributed by atoms with Gasteiger partial charge >= 0.3 is 0 Å². The number of nitrogens with zero attached hydrogens (tertiary/aromatic N) is 2. The number of likely N-dealkylation sites (N-methyl/N-ethyl adjacent to an activating group) is 1. The van der Waals surface area contributed by atoms with E-state index in [0.29, 0.717) is 5.56 Å². The van der Waals surface area contributed by atoms with Crippen LogP contribution in [0.3, 0.4) is 0 Å². The predicted molar refractivity (Wildman–Crippen MR) is 71.1 cm³/mol. The van der Waals surface area contributed by atoms with E-state index in [1.807, 2.05) is 0 Å². The zero-order chi connectivity index (χ0) is 14.8. The molecule has 0 radical (unpaired) electrons. The third kappa shape index (κ3) is 3.75. The Morgan fingerprint density at radius 1 is 1.47 bits per heavy atom. The van der Waals surface area contributed by atoms with E-state index in [9.17, 15) is 20.0 Å². The van der Waals surface area contributed by atoms with Gasteiger partial charge in [-0.3, -0.25) is 14.9 Å². The maximum atomic E-state index is 12.2. The van der Waals surface area contributed by atoms with Crippen LogP contribution in [-0.2, 0) is 0 Å². The number of aliphatic hydroxyl groups is 1. The van der Waals surface area contributed by atoms with Crippen molar-refractivity contribution in [2.24, 2.45) is 0 Å². The van der Waals surface area contributed by atoms with E-state index in [1.165, 1.54) is 17.0 Å². The van der Waals surface area contributed by atoms with Crippen LogP contribution in [0.4, 0.5) is 5.69 Å². The normalized spacial score (nSPS) is 11.2. The highest BCUT2D eigenvalue weighted by Crippen LogP contribution is 2.22. The van der Waals surface area contributed by atoms with Crippen LogP contribution < -0.4 is 0 Å². The Bertz CT molecular complexity index is 506. The van der Waals surface area contributed by atoms with E-state index in [2.05, 4.69) is 0 Å². The minimum absolute atomic E-state index is 0.0810. The standard InChI is InChI=1S/C13H18N2O4/c1-9-10(6-5-7-11(9)15(18)19)12(16)14(4)8-13(2,3)17/h5-7,17H,8H2,1-4H3. The number of hydrogen-bond acceptors (Lipinski definition) is 4. The summed E-state index contributed by atoms with van der Waals surface area (Å²) in [6, 6.07) is 4.39. The Morgan fingerprint density at radius 3 is 2.53 bits per heavy atom. The molecule has 1 N–H and O–H groups in total. The van der Waals surface area contributed by atoms with E-state index in [-0.39, 0.29) is 23.7 Å². The lowest BCUT2D eigenvalue weighted by Crippen LogP contribution is -2.39. The van der Waals surface area contributed by atoms with Crippen LogP contribution in [0.25, 0.3) is 0 Å². The lowest BCUT2D eigenvalue weighted by Gasteiger charge is -2.26. The van der Waals surface area contributed by atoms with Gasteiger partial charge in [0, 0.05) is 30.8 Å². The van der Waals surface area contributed by atoms with E-state index < -0.39 is 10.5 Å². The van der Waals surface area contributed by atoms with Gasteiger partial charge in [-0.15, -0.1) is 0 Å². The molecule has 1 rings (SSSR count). The molecule has 0 saturated heterocycles. The molecular weight excluding hydrogens is 248 g/mol. The van der Waals surface area contributed by atoms with Crippen molar-refractivity contribution >= 4 is 11.6 Å². The summed E-state index contributed by atoms with van der Waals surface area (Å²) in [6.07, 6.45) is 0. The monoisotopic (exact) mass is 266 g/mol. The Morgan fingerprint density at radius 2 is 2.05 bits per heavy atom. The van der Waals surface area contributed by atoms with Gasteiger partial charge < -0.3 is 10.0 Å². The van der Waals surface area contributed by atoms with Crippen LogP contribution in [-0.4, -0.2) is 40.0 Å². The highest BCUT2D eigenvalue weighted by molar-refractivity contribution is 5.96. The van der Waals surface area contributed by atoms with Crippen LogP contribution in [0.15, 0.2) is 18.2 Å². The van der Waals surface area contributed by atoms with Gasteiger partial charge in [-0.25, -0.2) is 0 Å². The molecule has 0 bridgehead atoms. The smallest absolute Gasteiger partial charge is 0.273 e. The maximum absolute atomic E-state index is 12.2. The zero-order valence-electron chi connectivity index (χ0n) is 11.5. The number of amides is 1. The molecule has 0 saturated carbocycles. The maximum Gasteiger partial charge on any atom is 0.273 e. The van der Waals surface area contributed by atoms with Gasteiger partial charge in [-0.1, -0.05) is 6.07 Å². The number of carbonyl (C=O) groups is 1. The Kier molecular flexibility index (Phi) is 4.26. The van der Waals surface area contributed by atoms with Crippen molar-refractivity contribution in [2.75, 3.05) is 13.6 Å². The molecule has 0 spiro atoms. The van der Waals surface area contributed by atoms with Crippen molar-refractivity contribution < 1.29 is 14.8 Å². The fraction of sp³-hybridized carbons (Fsp3) is 0.462. The first-order chi connectivity index (χ1) is 8.63. The second-order valence-corrected chi connectivity index (χ2v) is 5.18. The molecule has 1 aromatic rings. The lowest BCUT2D eigenvalue weighted by molar-refractivity contribution is -0.385. The summed E-state index contributed by atoms with van der Waals surface area (Å²) in [6.45, 7) is 4.88. The summed E-state index contributed by atoms with van der Waals surface area (Å²) in [5, 5.41) is 20.5. The molecule has 0 heterocycles. The highest BCUT2D eigenvalue weighted by atomic mass is 16.6. The number of hydrogen-bond donors (Lipinski definition) is 1. The molecule has 104 valence electrons. The van der Waals surface area contributed by atoms with Crippen LogP contribution in [0.5, 0.6) is 0 Å². The summed E-state index contributed by atoms with van der Waals surface area (Å²) in [7, 11) is 1.55. The van der Waals surface area contributed by atoms with Gasteiger partial charge in [0.1, 0.15) is 0 Å². The molecule has 0 aliphatic heterocycles. The summed E-state index contributed by atoms with van der Waals surface area (Å²) >= 11 is 0. The number of nitro benzene ring substituents is 1. The summed E-state index contributed by atoms with van der Waals surface area (Å²) in [4.78, 5) is 23.9. The number of carbonyl (C=O) groups excluding carboxylic acids is 1. The minimum Gasteiger partial charge on any atom is -0.389 e. The van der Waals surface area contributed by atoms with E-state index in [1.54, 1.807) is 33.9 Å². The molecule has 1 aromatic carbocycles. The van der Waals surface area contributed by atoms with E-state index in [4.69, 9.17) is 0 Å². The summed E-state index contributed by atoms with van der Waals surface area (Å²) in [5.41, 5.74) is -0.484. The molecule has 0 fully saturated rings. The average molecular weight is 266 g/mol. The van der Waals surface area contributed by atoms with Crippen molar-refractivity contribution in [1.29, 1.82) is 0 Å². The van der Waals surface area contributed by atoms with Crippen LogP contribution in [0.2, 0.25) is 0 Å². The van der Waals surface area contributed by atoms with Crippen molar-refractivity contribution in [3.05, 3.63) is 39.4 Å². The van der Waals surface area contributed by atoms with E-state index >= 15 is 0 Å². The molecule has 0 aliphatic rings. The van der Waals surface area contributed by atoms with Crippen LogP contribution >= 0.6 is 0 Å². The van der Waals surface area contributed by atoms with Crippen LogP contribution in [0.1, 0.15) is 29.8 Å². The first-order valence-electron chi connectivity index (χ1n) is 5.85.